The van der Waals surface area contributed by atoms with Gasteiger partial charge in [0.05, 0.1) is 13.3 Å². The molecular formula is C16H22N4O3S. The predicted octanol–water partition coefficient (Wildman–Crippen LogP) is 3.55. The topological polar surface area (TPSA) is 93.2 Å². The van der Waals surface area contributed by atoms with Gasteiger partial charge in [-0.1, -0.05) is 20.3 Å². The number of aromatic nitrogens is 2. The fourth-order valence-corrected chi connectivity index (χ4v) is 2.34. The Hall–Kier alpha value is -2.48. The van der Waals surface area contributed by atoms with Crippen LogP contribution in [-0.4, -0.2) is 35.6 Å². The Morgan fingerprint density at radius 3 is 2.42 bits per heavy atom. The molecule has 0 unspecified atom stereocenters. The van der Waals surface area contributed by atoms with Gasteiger partial charge in [-0.3, -0.25) is 5.32 Å². The van der Waals surface area contributed by atoms with E-state index >= 15 is 0 Å². The molecule has 0 aromatic carbocycles. The second-order valence-corrected chi connectivity index (χ2v) is 5.68. The maximum atomic E-state index is 11.4. The Morgan fingerprint density at radius 2 is 1.88 bits per heavy atom. The first-order valence-corrected chi connectivity index (χ1v) is 8.42. The molecule has 0 aliphatic heterocycles. The lowest BCUT2D eigenvalue weighted by Gasteiger charge is -2.05. The molecule has 0 aliphatic carbocycles. The molecule has 2 heterocycles. The van der Waals surface area contributed by atoms with Gasteiger partial charge in [-0.2, -0.15) is 0 Å². The predicted molar refractivity (Wildman–Crippen MR) is 95.3 cm³/mol. The minimum atomic E-state index is -0.416. The average molecular weight is 350 g/mol. The molecule has 0 aliphatic rings. The molecule has 0 atom stereocenters. The lowest BCUT2D eigenvalue weighted by atomic mass is 10.3. The van der Waals surface area contributed by atoms with Gasteiger partial charge in [0.2, 0.25) is 0 Å². The molecule has 2 rings (SSSR count). The number of nitrogens with one attached hydrogen (secondary N) is 2. The number of hydrogen-bond acceptors (Lipinski definition) is 6. The molecule has 2 amide bonds. The molecule has 130 valence electrons. The van der Waals surface area contributed by atoms with Crippen LogP contribution < -0.4 is 10.6 Å². The van der Waals surface area contributed by atoms with Crippen LogP contribution in [0.3, 0.4) is 0 Å². The van der Waals surface area contributed by atoms with E-state index in [1.165, 1.54) is 31.1 Å². The first-order valence-electron chi connectivity index (χ1n) is 7.61. The molecule has 0 saturated heterocycles. The van der Waals surface area contributed by atoms with Crippen LogP contribution in [-0.2, 0) is 4.74 Å². The zero-order valence-corrected chi connectivity index (χ0v) is 15.1. The third kappa shape index (κ3) is 5.96. The quantitative estimate of drug-likeness (QED) is 0.823. The van der Waals surface area contributed by atoms with E-state index in [0.717, 1.165) is 5.56 Å². The molecular weight excluding hydrogens is 328 g/mol. The summed E-state index contributed by atoms with van der Waals surface area (Å²) in [6.07, 6.45) is 4.30. The van der Waals surface area contributed by atoms with Crippen molar-refractivity contribution >= 4 is 29.2 Å². The number of carbonyl (C=O) groups is 2. The fraction of sp³-hybridized carbons (Fsp3) is 0.375. The van der Waals surface area contributed by atoms with E-state index in [1.54, 1.807) is 18.3 Å². The van der Waals surface area contributed by atoms with Gasteiger partial charge in [0.25, 0.3) is 0 Å². The second kappa shape index (κ2) is 10.3. The van der Waals surface area contributed by atoms with Gasteiger partial charge in [0.15, 0.2) is 0 Å². The number of pyridine rings is 1. The summed E-state index contributed by atoms with van der Waals surface area (Å²) in [4.78, 5) is 31.4. The maximum absolute atomic E-state index is 11.4. The van der Waals surface area contributed by atoms with Gasteiger partial charge >= 0.3 is 12.0 Å². The fourth-order valence-electron chi connectivity index (χ4n) is 1.52. The largest absolute Gasteiger partial charge is 0.465 e. The number of thiazole rings is 1. The normalized spacial score (nSPS) is 9.50. The van der Waals surface area contributed by atoms with E-state index < -0.39 is 5.97 Å². The first-order chi connectivity index (χ1) is 11.5. The molecule has 2 aromatic heterocycles. The van der Waals surface area contributed by atoms with Gasteiger partial charge in [0, 0.05) is 18.3 Å². The minimum Gasteiger partial charge on any atom is -0.465 e. The van der Waals surface area contributed by atoms with Gasteiger partial charge in [-0.15, -0.1) is 11.3 Å². The second-order valence-electron chi connectivity index (χ2n) is 4.64. The van der Waals surface area contributed by atoms with Gasteiger partial charge in [-0.05, 0) is 19.1 Å². The van der Waals surface area contributed by atoms with Crippen molar-refractivity contribution in [2.24, 2.45) is 0 Å². The number of carbonyl (C=O) groups excluding carboxylic acids is 2. The summed E-state index contributed by atoms with van der Waals surface area (Å²) in [5.74, 6) is 0.0238. The van der Waals surface area contributed by atoms with Crippen molar-refractivity contribution in [1.29, 1.82) is 0 Å². The van der Waals surface area contributed by atoms with Crippen molar-refractivity contribution < 1.29 is 14.3 Å². The summed E-state index contributed by atoms with van der Waals surface area (Å²) in [6, 6.07) is 3.14. The molecule has 2 aromatic rings. The number of nitrogens with zero attached hydrogens (tertiary/aromatic N) is 2. The van der Waals surface area contributed by atoms with E-state index in [4.69, 9.17) is 0 Å². The number of hydrogen-bond donors (Lipinski definition) is 2. The van der Waals surface area contributed by atoms with E-state index in [1.807, 2.05) is 6.92 Å². The number of anilines is 1. The molecule has 7 nitrogen and oxygen atoms in total. The smallest absolute Gasteiger partial charge is 0.349 e. The van der Waals surface area contributed by atoms with Crippen LogP contribution in [0.4, 0.5) is 10.6 Å². The molecule has 8 heteroatoms. The monoisotopic (exact) mass is 350 g/mol. The summed E-state index contributed by atoms with van der Waals surface area (Å²) in [5, 5.41) is 5.87. The number of rotatable bonds is 4. The highest BCUT2D eigenvalue weighted by Gasteiger charge is 2.12. The highest BCUT2D eigenvalue weighted by Crippen LogP contribution is 2.25. The number of esters is 1. The Morgan fingerprint density at radius 1 is 1.17 bits per heavy atom. The van der Waals surface area contributed by atoms with Crippen LogP contribution in [0.1, 0.15) is 36.9 Å². The van der Waals surface area contributed by atoms with Crippen molar-refractivity contribution in [2.45, 2.75) is 27.2 Å². The highest BCUT2D eigenvalue weighted by atomic mass is 32.1. The van der Waals surface area contributed by atoms with Crippen LogP contribution in [0.2, 0.25) is 0 Å². The summed E-state index contributed by atoms with van der Waals surface area (Å²) in [5.41, 5.74) is 0.761. The van der Waals surface area contributed by atoms with Crippen LogP contribution in [0.15, 0.2) is 24.5 Å². The van der Waals surface area contributed by atoms with Crippen LogP contribution in [0.5, 0.6) is 0 Å². The molecule has 0 bridgehead atoms. The van der Waals surface area contributed by atoms with Gasteiger partial charge < -0.3 is 10.1 Å². The number of urea groups is 1. The number of amides is 2. The Bertz CT molecular complexity index is 656. The van der Waals surface area contributed by atoms with E-state index in [2.05, 4.69) is 39.2 Å². The Kier molecular flexibility index (Phi) is 8.42. The summed E-state index contributed by atoms with van der Waals surface area (Å²) in [6.45, 7) is 6.62. The SMILES string of the molecule is CCC.CCNC(=O)Nc1ccc(-c2ncc(C(=O)OC)s2)cn1. The van der Waals surface area contributed by atoms with Crippen molar-refractivity contribution in [3.05, 3.63) is 29.4 Å². The average Bonchev–Trinajstić information content (AvgIpc) is 3.06. The summed E-state index contributed by atoms with van der Waals surface area (Å²) < 4.78 is 4.63. The van der Waals surface area contributed by atoms with E-state index in [0.29, 0.717) is 22.2 Å². The van der Waals surface area contributed by atoms with Gasteiger partial charge in [-0.25, -0.2) is 19.6 Å². The van der Waals surface area contributed by atoms with E-state index in [-0.39, 0.29) is 6.03 Å². The molecule has 2 N–H and O–H groups in total. The third-order valence-corrected chi connectivity index (χ3v) is 3.51. The lowest BCUT2D eigenvalue weighted by Crippen LogP contribution is -2.28. The molecule has 0 spiro atoms. The standard InChI is InChI=1S/C13H14N4O3S.C3H8/c1-3-14-13(19)17-10-5-4-8(6-15-10)11-16-7-9(21-11)12(18)20-2;1-3-2/h4-7H,3H2,1-2H3,(H2,14,15,17,19);3H2,1-2H3. The Labute approximate surface area is 145 Å². The highest BCUT2D eigenvalue weighted by molar-refractivity contribution is 7.16. The molecule has 0 fully saturated rings. The molecule has 24 heavy (non-hydrogen) atoms. The molecule has 0 radical (unpaired) electrons. The maximum Gasteiger partial charge on any atom is 0.349 e. The van der Waals surface area contributed by atoms with Crippen LogP contribution in [0, 0.1) is 0 Å². The molecule has 0 saturated carbocycles. The summed E-state index contributed by atoms with van der Waals surface area (Å²) >= 11 is 1.22. The van der Waals surface area contributed by atoms with E-state index in [9.17, 15) is 9.59 Å². The first kappa shape index (κ1) is 19.6. The Balaban J connectivity index is 0.000000891. The number of methoxy groups -OCH3 is 1. The minimum absolute atomic E-state index is 0.306. The van der Waals surface area contributed by atoms with Crippen molar-refractivity contribution in [3.8, 4) is 10.6 Å². The van der Waals surface area contributed by atoms with Crippen molar-refractivity contribution in [3.63, 3.8) is 0 Å². The number of ether oxygens (including phenoxy) is 1. The van der Waals surface area contributed by atoms with Crippen molar-refractivity contribution in [1.82, 2.24) is 15.3 Å². The zero-order valence-electron chi connectivity index (χ0n) is 14.3. The third-order valence-electron chi connectivity index (χ3n) is 2.48. The zero-order chi connectivity index (χ0) is 17.9. The van der Waals surface area contributed by atoms with Crippen molar-refractivity contribution in [2.75, 3.05) is 19.0 Å². The van der Waals surface area contributed by atoms with Crippen LogP contribution in [0.25, 0.3) is 10.6 Å². The van der Waals surface area contributed by atoms with Gasteiger partial charge in [0.1, 0.15) is 15.7 Å². The summed E-state index contributed by atoms with van der Waals surface area (Å²) in [7, 11) is 1.32. The lowest BCUT2D eigenvalue weighted by molar-refractivity contribution is 0.0606. The van der Waals surface area contributed by atoms with Crippen LogP contribution >= 0.6 is 11.3 Å².